The molecule has 2 saturated heterocycles. The average Bonchev–Trinajstić information content (AvgIpc) is 3.15. The van der Waals surface area contributed by atoms with Gasteiger partial charge in [-0.15, -0.1) is 0 Å². The Hall–Kier alpha value is -1.24. The van der Waals surface area contributed by atoms with E-state index in [4.69, 9.17) is 4.74 Å². The summed E-state index contributed by atoms with van der Waals surface area (Å²) in [6.45, 7) is 4.81. The van der Waals surface area contributed by atoms with Crippen molar-refractivity contribution < 1.29 is 9.53 Å². The quantitative estimate of drug-likeness (QED) is 0.787. The zero-order chi connectivity index (χ0) is 13.1. The summed E-state index contributed by atoms with van der Waals surface area (Å²) in [6, 6.07) is 1.90. The number of morpholine rings is 1. The van der Waals surface area contributed by atoms with Crippen LogP contribution >= 0.6 is 0 Å². The van der Waals surface area contributed by atoms with Gasteiger partial charge in [-0.2, -0.15) is 5.10 Å². The molecule has 3 rings (SSSR count). The van der Waals surface area contributed by atoms with E-state index >= 15 is 0 Å². The second-order valence-electron chi connectivity index (χ2n) is 5.11. The lowest BCUT2D eigenvalue weighted by Crippen LogP contribution is -2.61. The Kier molecular flexibility index (Phi) is 3.63. The summed E-state index contributed by atoms with van der Waals surface area (Å²) in [4.78, 5) is 16.5. The smallest absolute Gasteiger partial charge is 0.174 e. The fraction of sp³-hybridized carbons (Fsp3) is 0.692. The van der Waals surface area contributed by atoms with Gasteiger partial charge >= 0.3 is 0 Å². The summed E-state index contributed by atoms with van der Waals surface area (Å²) in [7, 11) is 0. The first-order valence-electron chi connectivity index (χ1n) is 6.92. The fourth-order valence-electron chi connectivity index (χ4n) is 3.18. The predicted octanol–water partition coefficient (Wildman–Crippen LogP) is 0.189. The van der Waals surface area contributed by atoms with Crippen molar-refractivity contribution in [3.8, 4) is 0 Å². The monoisotopic (exact) mass is 264 g/mol. The van der Waals surface area contributed by atoms with Crippen LogP contribution in [0, 0.1) is 0 Å². The molecule has 19 heavy (non-hydrogen) atoms. The number of carbonyl (C=O) groups excluding carboxylic acids is 1. The number of nitrogens with zero attached hydrogens (tertiary/aromatic N) is 3. The molecule has 6 nitrogen and oxygen atoms in total. The van der Waals surface area contributed by atoms with E-state index in [0.29, 0.717) is 13.2 Å². The van der Waals surface area contributed by atoms with Crippen LogP contribution in [0.1, 0.15) is 18.5 Å². The second kappa shape index (κ2) is 5.40. The van der Waals surface area contributed by atoms with Crippen molar-refractivity contribution in [1.29, 1.82) is 0 Å². The maximum absolute atomic E-state index is 12.0. The molecule has 3 heterocycles. The predicted molar refractivity (Wildman–Crippen MR) is 69.5 cm³/mol. The third kappa shape index (κ3) is 2.09. The molecule has 6 heteroatoms. The first kappa shape index (κ1) is 12.8. The van der Waals surface area contributed by atoms with E-state index in [9.17, 15) is 4.79 Å². The SMILES string of the molecule is O=CC(c1ccn[nH]1)(N1CCCC1)N1CCOCC1. The zero-order valence-corrected chi connectivity index (χ0v) is 11.0. The molecule has 0 aromatic carbocycles. The van der Waals surface area contributed by atoms with Gasteiger partial charge in [-0.05, 0) is 18.9 Å². The maximum atomic E-state index is 12.0. The number of aldehydes is 1. The van der Waals surface area contributed by atoms with E-state index < -0.39 is 5.66 Å². The van der Waals surface area contributed by atoms with Crippen LogP contribution in [0.3, 0.4) is 0 Å². The van der Waals surface area contributed by atoms with E-state index in [1.165, 1.54) is 0 Å². The van der Waals surface area contributed by atoms with E-state index in [-0.39, 0.29) is 0 Å². The molecule has 1 atom stereocenters. The standard InChI is InChI=1S/C13H20N4O2/c18-11-13(12-3-4-14-15-12,16-5-1-2-6-16)17-7-9-19-10-8-17/h3-4,11H,1-2,5-10H2,(H,14,15). The van der Waals surface area contributed by atoms with Gasteiger partial charge in [-0.3, -0.25) is 19.7 Å². The molecule has 104 valence electrons. The highest BCUT2D eigenvalue weighted by Gasteiger charge is 2.46. The van der Waals surface area contributed by atoms with Crippen LogP contribution in [-0.4, -0.2) is 65.7 Å². The number of ether oxygens (including phenoxy) is 1. The second-order valence-corrected chi connectivity index (χ2v) is 5.11. The van der Waals surface area contributed by atoms with Crippen LogP contribution in [0.5, 0.6) is 0 Å². The summed E-state index contributed by atoms with van der Waals surface area (Å²) in [5.74, 6) is 0. The lowest BCUT2D eigenvalue weighted by Gasteiger charge is -2.46. The minimum absolute atomic E-state index is 0.678. The highest BCUT2D eigenvalue weighted by Crippen LogP contribution is 2.33. The summed E-state index contributed by atoms with van der Waals surface area (Å²) in [5.41, 5.74) is 0.169. The van der Waals surface area contributed by atoms with Crippen molar-refractivity contribution in [2.24, 2.45) is 0 Å². The molecule has 2 aliphatic rings. The van der Waals surface area contributed by atoms with E-state index in [2.05, 4.69) is 20.0 Å². The Morgan fingerprint density at radius 3 is 2.47 bits per heavy atom. The molecule has 0 amide bonds. The van der Waals surface area contributed by atoms with Crippen molar-refractivity contribution in [3.05, 3.63) is 18.0 Å². The Morgan fingerprint density at radius 1 is 1.21 bits per heavy atom. The maximum Gasteiger partial charge on any atom is 0.174 e. The van der Waals surface area contributed by atoms with E-state index in [1.807, 2.05) is 6.07 Å². The molecule has 1 unspecified atom stereocenters. The number of rotatable bonds is 4. The van der Waals surface area contributed by atoms with Crippen molar-refractivity contribution in [1.82, 2.24) is 20.0 Å². The molecule has 0 saturated carbocycles. The molecule has 1 N–H and O–H groups in total. The van der Waals surface area contributed by atoms with Crippen LogP contribution < -0.4 is 0 Å². The molecule has 2 aliphatic heterocycles. The topological polar surface area (TPSA) is 61.5 Å². The number of carbonyl (C=O) groups is 1. The molecule has 1 aromatic rings. The van der Waals surface area contributed by atoms with Gasteiger partial charge in [0.1, 0.15) is 0 Å². The van der Waals surface area contributed by atoms with Gasteiger partial charge in [0.15, 0.2) is 11.9 Å². The number of hydrogen-bond acceptors (Lipinski definition) is 5. The molecule has 0 spiro atoms. The molecular formula is C13H20N4O2. The van der Waals surface area contributed by atoms with Crippen LogP contribution in [0.4, 0.5) is 0 Å². The summed E-state index contributed by atoms with van der Waals surface area (Å²) < 4.78 is 5.42. The third-order valence-corrected chi connectivity index (χ3v) is 4.14. The van der Waals surface area contributed by atoms with Gasteiger partial charge in [0.05, 0.1) is 18.9 Å². The summed E-state index contributed by atoms with van der Waals surface area (Å²) in [6.07, 6.45) is 5.07. The van der Waals surface area contributed by atoms with Gasteiger partial charge in [0.2, 0.25) is 0 Å². The van der Waals surface area contributed by atoms with Gasteiger partial charge in [0.25, 0.3) is 0 Å². The first-order chi connectivity index (χ1) is 9.38. The van der Waals surface area contributed by atoms with Gasteiger partial charge in [-0.25, -0.2) is 0 Å². The average molecular weight is 264 g/mol. The zero-order valence-electron chi connectivity index (χ0n) is 11.0. The number of hydrogen-bond donors (Lipinski definition) is 1. The number of likely N-dealkylation sites (tertiary alicyclic amines) is 1. The summed E-state index contributed by atoms with van der Waals surface area (Å²) in [5, 5.41) is 7.03. The number of nitrogens with one attached hydrogen (secondary N) is 1. The highest BCUT2D eigenvalue weighted by molar-refractivity contribution is 5.66. The number of aromatic amines is 1. The minimum Gasteiger partial charge on any atom is -0.379 e. The fourth-order valence-corrected chi connectivity index (χ4v) is 3.18. The minimum atomic E-state index is -0.698. The number of aromatic nitrogens is 2. The van der Waals surface area contributed by atoms with Crippen LogP contribution in [0.25, 0.3) is 0 Å². The molecule has 0 bridgehead atoms. The molecule has 0 radical (unpaired) electrons. The summed E-state index contributed by atoms with van der Waals surface area (Å²) >= 11 is 0. The van der Waals surface area contributed by atoms with Crippen molar-refractivity contribution in [2.75, 3.05) is 39.4 Å². The first-order valence-corrected chi connectivity index (χ1v) is 6.92. The highest BCUT2D eigenvalue weighted by atomic mass is 16.5. The van der Waals surface area contributed by atoms with Crippen molar-refractivity contribution in [2.45, 2.75) is 18.5 Å². The van der Waals surface area contributed by atoms with Crippen molar-refractivity contribution >= 4 is 6.29 Å². The van der Waals surface area contributed by atoms with Gasteiger partial charge in [0, 0.05) is 32.4 Å². The van der Waals surface area contributed by atoms with Crippen LogP contribution in [-0.2, 0) is 15.2 Å². The Bertz CT molecular complexity index is 410. The Balaban J connectivity index is 1.99. The molecule has 0 aliphatic carbocycles. The number of H-pyrrole nitrogens is 1. The van der Waals surface area contributed by atoms with Gasteiger partial charge in [-0.1, -0.05) is 0 Å². The van der Waals surface area contributed by atoms with Crippen LogP contribution in [0.2, 0.25) is 0 Å². The molecule has 2 fully saturated rings. The largest absolute Gasteiger partial charge is 0.379 e. The van der Waals surface area contributed by atoms with Crippen molar-refractivity contribution in [3.63, 3.8) is 0 Å². The normalized spacial score (nSPS) is 25.3. The Morgan fingerprint density at radius 2 is 1.89 bits per heavy atom. The van der Waals surface area contributed by atoms with Crippen LogP contribution in [0.15, 0.2) is 12.3 Å². The molecule has 1 aromatic heterocycles. The van der Waals surface area contributed by atoms with E-state index in [0.717, 1.165) is 51.0 Å². The van der Waals surface area contributed by atoms with Gasteiger partial charge < -0.3 is 4.74 Å². The Labute approximate surface area is 112 Å². The lowest BCUT2D eigenvalue weighted by atomic mass is 10.0. The third-order valence-electron chi connectivity index (χ3n) is 4.14. The van der Waals surface area contributed by atoms with E-state index in [1.54, 1.807) is 6.20 Å². The lowest BCUT2D eigenvalue weighted by molar-refractivity contribution is -0.142. The molecular weight excluding hydrogens is 244 g/mol.